The molecule has 1 saturated carbocycles. The Hall–Kier alpha value is -2.28. The first-order valence-corrected chi connectivity index (χ1v) is 11.1. The lowest BCUT2D eigenvalue weighted by molar-refractivity contribution is 0.0697. The molecule has 1 atom stereocenters. The zero-order chi connectivity index (χ0) is 22.2. The van der Waals surface area contributed by atoms with Gasteiger partial charge in [0.15, 0.2) is 0 Å². The van der Waals surface area contributed by atoms with Crippen molar-refractivity contribution in [2.75, 3.05) is 18.0 Å². The highest BCUT2D eigenvalue weighted by Gasteiger charge is 2.44. The molecule has 1 heterocycles. The molecule has 2 amide bonds. The molecule has 0 aromatic heterocycles. The van der Waals surface area contributed by atoms with Gasteiger partial charge in [-0.3, -0.25) is 4.90 Å². The SMILES string of the molecule is C[C@@H]1CN(c2ccc(C(=O)O)cc2)C(=O)N1[C@H]1CC[C@@](CN)(c2cccc(Cl)c2)CC1.Cl. The van der Waals surface area contributed by atoms with Crippen LogP contribution < -0.4 is 10.6 Å². The molecular formula is C24H29Cl2N3O3. The molecule has 3 N–H and O–H groups in total. The Morgan fingerprint density at radius 2 is 1.84 bits per heavy atom. The number of anilines is 1. The Kier molecular flexibility index (Phi) is 7.38. The van der Waals surface area contributed by atoms with Crippen molar-refractivity contribution in [3.63, 3.8) is 0 Å². The van der Waals surface area contributed by atoms with Crippen molar-refractivity contribution in [3.05, 3.63) is 64.7 Å². The molecule has 2 fully saturated rings. The van der Waals surface area contributed by atoms with E-state index in [1.54, 1.807) is 29.2 Å². The summed E-state index contributed by atoms with van der Waals surface area (Å²) in [5, 5.41) is 9.83. The van der Waals surface area contributed by atoms with E-state index < -0.39 is 5.97 Å². The standard InChI is InChI=1S/C24H28ClN3O3.ClH/c1-16-14-27(20-7-5-17(6-8-20)22(29)30)23(31)28(16)21-9-11-24(15-26,12-10-21)18-3-2-4-19(25)13-18;/h2-8,13,16,21H,9-12,14-15,26H2,1H3,(H,29,30);1H/t16-,21-,24+;/m1./s1. The smallest absolute Gasteiger partial charge is 0.335 e. The number of aromatic carboxylic acids is 1. The van der Waals surface area contributed by atoms with Gasteiger partial charge in [0.1, 0.15) is 0 Å². The van der Waals surface area contributed by atoms with Crippen molar-refractivity contribution in [2.45, 2.75) is 50.1 Å². The summed E-state index contributed by atoms with van der Waals surface area (Å²) in [6.07, 6.45) is 3.62. The summed E-state index contributed by atoms with van der Waals surface area (Å²) in [6.45, 7) is 3.23. The Balaban J connectivity index is 0.00000289. The highest BCUT2D eigenvalue weighted by molar-refractivity contribution is 6.30. The number of carbonyl (C=O) groups excluding carboxylic acids is 1. The van der Waals surface area contributed by atoms with Crippen molar-refractivity contribution in [2.24, 2.45) is 5.73 Å². The second kappa shape index (κ2) is 9.69. The Labute approximate surface area is 199 Å². The van der Waals surface area contributed by atoms with Crippen molar-refractivity contribution in [1.82, 2.24) is 4.90 Å². The monoisotopic (exact) mass is 477 g/mol. The number of rotatable bonds is 5. The number of nitrogens with two attached hydrogens (primary N) is 1. The quantitative estimate of drug-likeness (QED) is 0.638. The zero-order valence-corrected chi connectivity index (χ0v) is 19.6. The van der Waals surface area contributed by atoms with E-state index in [1.165, 1.54) is 5.56 Å². The second-order valence-corrected chi connectivity index (χ2v) is 9.16. The number of carboxylic acids is 1. The number of carboxylic acid groups (broad SMARTS) is 1. The van der Waals surface area contributed by atoms with Crippen LogP contribution in [0.1, 0.15) is 48.5 Å². The van der Waals surface area contributed by atoms with Crippen LogP contribution in [0.4, 0.5) is 10.5 Å². The summed E-state index contributed by atoms with van der Waals surface area (Å²) in [5.74, 6) is -0.973. The molecule has 32 heavy (non-hydrogen) atoms. The molecule has 172 valence electrons. The molecule has 0 unspecified atom stereocenters. The Morgan fingerprint density at radius 1 is 1.19 bits per heavy atom. The van der Waals surface area contributed by atoms with E-state index in [0.717, 1.165) is 36.4 Å². The van der Waals surface area contributed by atoms with Gasteiger partial charge in [-0.2, -0.15) is 0 Å². The third-order valence-corrected chi connectivity index (χ3v) is 7.17. The van der Waals surface area contributed by atoms with Crippen molar-refractivity contribution < 1.29 is 14.7 Å². The molecule has 8 heteroatoms. The second-order valence-electron chi connectivity index (χ2n) is 8.73. The summed E-state index contributed by atoms with van der Waals surface area (Å²) in [6, 6.07) is 14.7. The average molecular weight is 478 g/mol. The normalized spacial score (nSPS) is 25.5. The minimum Gasteiger partial charge on any atom is -0.478 e. The van der Waals surface area contributed by atoms with Crippen LogP contribution in [-0.4, -0.2) is 47.2 Å². The maximum atomic E-state index is 13.3. The number of urea groups is 1. The van der Waals surface area contributed by atoms with Gasteiger partial charge in [0.05, 0.1) is 5.56 Å². The minimum absolute atomic E-state index is 0. The first-order chi connectivity index (χ1) is 14.8. The van der Waals surface area contributed by atoms with Crippen molar-refractivity contribution in [3.8, 4) is 0 Å². The number of halogens is 2. The summed E-state index contributed by atoms with van der Waals surface area (Å²) in [7, 11) is 0. The Bertz CT molecular complexity index is 975. The number of amides is 2. The van der Waals surface area contributed by atoms with Gasteiger partial charge in [-0.1, -0.05) is 23.7 Å². The largest absolute Gasteiger partial charge is 0.478 e. The lowest BCUT2D eigenvalue weighted by atomic mass is 9.68. The Morgan fingerprint density at radius 3 is 2.41 bits per heavy atom. The van der Waals surface area contributed by atoms with Gasteiger partial charge in [-0.05, 0) is 74.6 Å². The lowest BCUT2D eigenvalue weighted by Crippen LogP contribution is -2.48. The average Bonchev–Trinajstić information content (AvgIpc) is 3.07. The molecule has 2 aromatic carbocycles. The molecule has 1 aliphatic heterocycles. The summed E-state index contributed by atoms with van der Waals surface area (Å²) >= 11 is 6.22. The van der Waals surface area contributed by atoms with Crippen LogP contribution in [-0.2, 0) is 5.41 Å². The molecule has 0 radical (unpaired) electrons. The maximum absolute atomic E-state index is 13.3. The van der Waals surface area contributed by atoms with Crippen LogP contribution in [0.15, 0.2) is 48.5 Å². The van der Waals surface area contributed by atoms with Crippen LogP contribution in [0, 0.1) is 0 Å². The first-order valence-electron chi connectivity index (χ1n) is 10.7. The molecule has 2 aromatic rings. The van der Waals surface area contributed by atoms with E-state index in [2.05, 4.69) is 13.0 Å². The summed E-state index contributed by atoms with van der Waals surface area (Å²) in [4.78, 5) is 28.1. The summed E-state index contributed by atoms with van der Waals surface area (Å²) in [5.41, 5.74) is 8.26. The van der Waals surface area contributed by atoms with Crippen LogP contribution in [0.2, 0.25) is 5.02 Å². The molecular weight excluding hydrogens is 449 g/mol. The van der Waals surface area contributed by atoms with Crippen molar-refractivity contribution in [1.29, 1.82) is 0 Å². The predicted molar refractivity (Wildman–Crippen MR) is 129 cm³/mol. The summed E-state index contributed by atoms with van der Waals surface area (Å²) < 4.78 is 0. The number of benzene rings is 2. The fraction of sp³-hybridized carbons (Fsp3) is 0.417. The number of nitrogens with zero attached hydrogens (tertiary/aromatic N) is 2. The number of carbonyl (C=O) groups is 2. The van der Waals surface area contributed by atoms with Gasteiger partial charge in [0.2, 0.25) is 0 Å². The minimum atomic E-state index is -0.973. The molecule has 0 bridgehead atoms. The van der Waals surface area contributed by atoms with Gasteiger partial charge in [0, 0.05) is 41.3 Å². The molecule has 2 aliphatic rings. The highest BCUT2D eigenvalue weighted by Crippen LogP contribution is 2.42. The highest BCUT2D eigenvalue weighted by atomic mass is 35.5. The van der Waals surface area contributed by atoms with Crippen molar-refractivity contribution >= 4 is 41.7 Å². The molecule has 1 saturated heterocycles. The van der Waals surface area contributed by atoms with E-state index >= 15 is 0 Å². The van der Waals surface area contributed by atoms with E-state index in [1.807, 2.05) is 23.1 Å². The third kappa shape index (κ3) is 4.45. The van der Waals surface area contributed by atoms with Gasteiger partial charge < -0.3 is 15.7 Å². The number of hydrogen-bond acceptors (Lipinski definition) is 3. The predicted octanol–water partition coefficient (Wildman–Crippen LogP) is 4.93. The van der Waals surface area contributed by atoms with Gasteiger partial charge in [-0.15, -0.1) is 12.4 Å². The lowest BCUT2D eigenvalue weighted by Gasteiger charge is -2.43. The van der Waals surface area contributed by atoms with E-state index in [4.69, 9.17) is 22.4 Å². The van der Waals surface area contributed by atoms with Crippen LogP contribution in [0.25, 0.3) is 0 Å². The zero-order valence-electron chi connectivity index (χ0n) is 18.0. The molecule has 6 nitrogen and oxygen atoms in total. The molecule has 1 aliphatic carbocycles. The maximum Gasteiger partial charge on any atom is 0.335 e. The molecule has 0 spiro atoms. The molecule has 4 rings (SSSR count). The third-order valence-electron chi connectivity index (χ3n) is 6.93. The fourth-order valence-electron chi connectivity index (χ4n) is 5.14. The van der Waals surface area contributed by atoms with Gasteiger partial charge >= 0.3 is 12.0 Å². The van der Waals surface area contributed by atoms with Gasteiger partial charge in [-0.25, -0.2) is 9.59 Å². The topological polar surface area (TPSA) is 86.9 Å². The van der Waals surface area contributed by atoms with E-state index in [-0.39, 0.29) is 41.5 Å². The van der Waals surface area contributed by atoms with E-state index in [9.17, 15) is 9.59 Å². The van der Waals surface area contributed by atoms with Crippen LogP contribution in [0.5, 0.6) is 0 Å². The van der Waals surface area contributed by atoms with Gasteiger partial charge in [0.25, 0.3) is 0 Å². The first kappa shape index (κ1) is 24.4. The van der Waals surface area contributed by atoms with Crippen LogP contribution in [0.3, 0.4) is 0 Å². The van der Waals surface area contributed by atoms with Crippen LogP contribution >= 0.6 is 24.0 Å². The number of hydrogen-bond donors (Lipinski definition) is 2. The fourth-order valence-corrected chi connectivity index (χ4v) is 5.33. The van der Waals surface area contributed by atoms with E-state index in [0.29, 0.717) is 13.1 Å².